The number of amides is 5. The van der Waals surface area contributed by atoms with Crippen molar-refractivity contribution >= 4 is 63.1 Å². The zero-order chi connectivity index (χ0) is 31.7. The zero-order valence-corrected chi connectivity index (χ0v) is 24.7. The molecule has 2 fully saturated rings. The van der Waals surface area contributed by atoms with Crippen LogP contribution in [0.4, 0.5) is 0 Å². The highest BCUT2D eigenvalue weighted by Gasteiger charge is 2.40. The standard InChI is InChI=1S/C26H33N5O10S2/c1-13(32)27-16(9-14-4-6-15(33)7-5-14)22(36)29-18-11-42-43-12-19(26(40)41)30-24(38)20-3-2-8-31(20)25(39)17(10-21(34)35)28-23(18)37/h4-7,16-20,33H,2-3,8-12H2,1H3,(H,27,32)(H,28,37)(H,29,36)(H,30,38)(H,34,35)(H,40,41)/t16-,17-,18-,19-,20-/m0/s1. The van der Waals surface area contributed by atoms with Gasteiger partial charge in [0, 0.05) is 31.4 Å². The monoisotopic (exact) mass is 639 g/mol. The van der Waals surface area contributed by atoms with Gasteiger partial charge in [-0.3, -0.25) is 28.8 Å². The number of nitrogens with one attached hydrogen (secondary N) is 4. The maximum Gasteiger partial charge on any atom is 0.327 e. The molecule has 0 spiro atoms. The Morgan fingerprint density at radius 3 is 2.33 bits per heavy atom. The second-order valence-corrected chi connectivity index (χ2v) is 12.6. The Balaban J connectivity index is 1.88. The molecule has 0 aromatic heterocycles. The molecule has 234 valence electrons. The smallest absolute Gasteiger partial charge is 0.327 e. The minimum absolute atomic E-state index is 0.00520. The second kappa shape index (κ2) is 15.5. The maximum atomic E-state index is 13.4. The van der Waals surface area contributed by atoms with E-state index < -0.39 is 78.1 Å². The van der Waals surface area contributed by atoms with Gasteiger partial charge in [0.1, 0.15) is 36.0 Å². The van der Waals surface area contributed by atoms with Gasteiger partial charge in [-0.15, -0.1) is 0 Å². The van der Waals surface area contributed by atoms with Gasteiger partial charge in [-0.1, -0.05) is 33.7 Å². The van der Waals surface area contributed by atoms with E-state index in [0.717, 1.165) is 26.5 Å². The molecule has 7 N–H and O–H groups in total. The SMILES string of the molecule is CC(=O)N[C@@H](Cc1ccc(O)cc1)C(=O)N[C@H]1CSSC[C@@H](C(=O)O)NC(=O)[C@@H]2CCCN2C(=O)[C@H](CC(=O)O)NC1=O. The van der Waals surface area contributed by atoms with Crippen LogP contribution in [-0.4, -0.2) is 110 Å². The third-order valence-electron chi connectivity index (χ3n) is 6.70. The molecule has 0 saturated carbocycles. The van der Waals surface area contributed by atoms with Gasteiger partial charge in [0.2, 0.25) is 29.5 Å². The molecule has 2 aliphatic rings. The van der Waals surface area contributed by atoms with Gasteiger partial charge < -0.3 is 41.5 Å². The number of carboxylic acid groups (broad SMARTS) is 2. The summed E-state index contributed by atoms with van der Waals surface area (Å²) < 4.78 is 0. The fraction of sp³-hybridized carbons (Fsp3) is 0.500. The summed E-state index contributed by atoms with van der Waals surface area (Å²) in [6, 6.07) is -0.435. The van der Waals surface area contributed by atoms with Crippen LogP contribution >= 0.6 is 21.6 Å². The summed E-state index contributed by atoms with van der Waals surface area (Å²) in [4.78, 5) is 89.5. The Labute approximate surface area is 254 Å². The van der Waals surface area contributed by atoms with E-state index in [0.29, 0.717) is 12.0 Å². The molecule has 2 saturated heterocycles. The summed E-state index contributed by atoms with van der Waals surface area (Å²) in [6.45, 7) is 1.31. The predicted octanol–water partition coefficient (Wildman–Crippen LogP) is -1.16. The highest BCUT2D eigenvalue weighted by atomic mass is 33.1. The van der Waals surface area contributed by atoms with E-state index in [4.69, 9.17) is 0 Å². The number of carbonyl (C=O) groups excluding carboxylic acids is 5. The molecule has 0 bridgehead atoms. The fourth-order valence-electron chi connectivity index (χ4n) is 4.60. The Morgan fingerprint density at radius 2 is 1.70 bits per heavy atom. The van der Waals surface area contributed by atoms with Gasteiger partial charge in [0.25, 0.3) is 0 Å². The molecule has 0 radical (unpaired) electrons. The van der Waals surface area contributed by atoms with Crippen molar-refractivity contribution in [3.05, 3.63) is 29.8 Å². The molecule has 0 aliphatic carbocycles. The molecule has 1 aromatic rings. The van der Waals surface area contributed by atoms with Crippen LogP contribution in [0.15, 0.2) is 24.3 Å². The first-order valence-electron chi connectivity index (χ1n) is 13.3. The predicted molar refractivity (Wildman–Crippen MR) is 155 cm³/mol. The van der Waals surface area contributed by atoms with Crippen LogP contribution in [0.5, 0.6) is 5.75 Å². The summed E-state index contributed by atoms with van der Waals surface area (Å²) in [7, 11) is 2.06. The molecule has 0 unspecified atom stereocenters. The quantitative estimate of drug-likeness (QED) is 0.167. The molecule has 15 nitrogen and oxygen atoms in total. The van der Waals surface area contributed by atoms with Crippen molar-refractivity contribution in [1.29, 1.82) is 0 Å². The lowest BCUT2D eigenvalue weighted by atomic mass is 10.0. The van der Waals surface area contributed by atoms with Crippen molar-refractivity contribution in [2.24, 2.45) is 0 Å². The number of aliphatic carboxylic acids is 2. The van der Waals surface area contributed by atoms with Crippen LogP contribution in [0.2, 0.25) is 0 Å². The normalized spacial score (nSPS) is 24.0. The number of benzene rings is 1. The van der Waals surface area contributed by atoms with E-state index in [2.05, 4.69) is 21.3 Å². The summed E-state index contributed by atoms with van der Waals surface area (Å²) in [6.07, 6.45) is -0.155. The highest BCUT2D eigenvalue weighted by molar-refractivity contribution is 8.76. The lowest BCUT2D eigenvalue weighted by molar-refractivity contribution is -0.147. The van der Waals surface area contributed by atoms with Gasteiger partial charge in [-0.2, -0.15) is 0 Å². The molecule has 5 amide bonds. The topological polar surface area (TPSA) is 232 Å². The number of hydrogen-bond donors (Lipinski definition) is 7. The number of carboxylic acids is 2. The Kier molecular flexibility index (Phi) is 12.1. The third kappa shape index (κ3) is 9.77. The first-order valence-corrected chi connectivity index (χ1v) is 15.8. The van der Waals surface area contributed by atoms with Crippen LogP contribution < -0.4 is 21.3 Å². The number of phenolic OH excluding ortho intramolecular Hbond substituents is 1. The molecular formula is C26H33N5O10S2. The Hall–Kier alpha value is -3.99. The molecule has 17 heteroatoms. The molecule has 2 heterocycles. The van der Waals surface area contributed by atoms with E-state index in [1.54, 1.807) is 12.1 Å². The van der Waals surface area contributed by atoms with Crippen LogP contribution in [0.1, 0.15) is 31.7 Å². The summed E-state index contributed by atoms with van der Waals surface area (Å²) in [5, 5.41) is 38.5. The van der Waals surface area contributed by atoms with Crippen molar-refractivity contribution in [3.63, 3.8) is 0 Å². The lowest BCUT2D eigenvalue weighted by Gasteiger charge is -2.30. The third-order valence-corrected chi connectivity index (χ3v) is 9.12. The average molecular weight is 640 g/mol. The van der Waals surface area contributed by atoms with Gasteiger partial charge >= 0.3 is 11.9 Å². The molecule has 5 atom stereocenters. The zero-order valence-electron chi connectivity index (χ0n) is 23.1. The minimum Gasteiger partial charge on any atom is -0.508 e. The van der Waals surface area contributed by atoms with Crippen molar-refractivity contribution < 1.29 is 48.9 Å². The average Bonchev–Trinajstić information content (AvgIpc) is 3.43. The largest absolute Gasteiger partial charge is 0.508 e. The number of nitrogens with zero attached hydrogens (tertiary/aromatic N) is 1. The van der Waals surface area contributed by atoms with Crippen molar-refractivity contribution in [2.45, 2.75) is 62.8 Å². The first kappa shape index (κ1) is 33.5. The lowest BCUT2D eigenvalue weighted by Crippen LogP contribution is -2.60. The molecule has 1 aromatic carbocycles. The van der Waals surface area contributed by atoms with E-state index in [-0.39, 0.29) is 36.6 Å². The summed E-state index contributed by atoms with van der Waals surface area (Å²) in [5.41, 5.74) is 0.598. The van der Waals surface area contributed by atoms with Crippen LogP contribution in [0.3, 0.4) is 0 Å². The van der Waals surface area contributed by atoms with Gasteiger partial charge in [0.05, 0.1) is 6.42 Å². The Morgan fingerprint density at radius 1 is 1.02 bits per heavy atom. The molecule has 43 heavy (non-hydrogen) atoms. The molecule has 3 rings (SSSR count). The molecular weight excluding hydrogens is 606 g/mol. The molecule has 2 aliphatic heterocycles. The van der Waals surface area contributed by atoms with Crippen LogP contribution in [-0.2, 0) is 40.0 Å². The van der Waals surface area contributed by atoms with Crippen LogP contribution in [0.25, 0.3) is 0 Å². The number of hydrogen-bond acceptors (Lipinski definition) is 10. The Bertz CT molecular complexity index is 1250. The number of phenols is 1. The van der Waals surface area contributed by atoms with Crippen LogP contribution in [0, 0.1) is 0 Å². The van der Waals surface area contributed by atoms with E-state index in [9.17, 15) is 48.9 Å². The van der Waals surface area contributed by atoms with E-state index in [1.165, 1.54) is 19.1 Å². The van der Waals surface area contributed by atoms with Crippen molar-refractivity contribution in [1.82, 2.24) is 26.2 Å². The fourth-order valence-corrected chi connectivity index (χ4v) is 6.92. The van der Waals surface area contributed by atoms with Gasteiger partial charge in [-0.05, 0) is 30.5 Å². The number of carbonyl (C=O) groups is 7. The van der Waals surface area contributed by atoms with Crippen molar-refractivity contribution in [2.75, 3.05) is 18.1 Å². The van der Waals surface area contributed by atoms with Gasteiger partial charge in [-0.25, -0.2) is 4.79 Å². The summed E-state index contributed by atoms with van der Waals surface area (Å²) in [5.74, 6) is -6.57. The second-order valence-electron chi connectivity index (χ2n) is 10.0. The number of fused-ring (bicyclic) bond motifs is 1. The van der Waals surface area contributed by atoms with E-state index in [1.807, 2.05) is 0 Å². The maximum absolute atomic E-state index is 13.4. The van der Waals surface area contributed by atoms with Gasteiger partial charge in [0.15, 0.2) is 0 Å². The van der Waals surface area contributed by atoms with E-state index >= 15 is 0 Å². The first-order chi connectivity index (χ1) is 20.3. The minimum atomic E-state index is -1.57. The highest BCUT2D eigenvalue weighted by Crippen LogP contribution is 2.25. The number of aromatic hydroxyl groups is 1. The van der Waals surface area contributed by atoms with Crippen molar-refractivity contribution in [3.8, 4) is 5.75 Å². The number of rotatable bonds is 8. The summed E-state index contributed by atoms with van der Waals surface area (Å²) >= 11 is 0.